The van der Waals surface area contributed by atoms with Gasteiger partial charge in [0.1, 0.15) is 5.76 Å². The number of nitrogens with zero attached hydrogens (tertiary/aromatic N) is 2. The molecule has 0 spiro atoms. The Labute approximate surface area is 142 Å². The fourth-order valence-corrected chi connectivity index (χ4v) is 3.90. The molecular formula is C18H27N3O3. The predicted octanol–water partition coefficient (Wildman–Crippen LogP) is 2.48. The average molecular weight is 333 g/mol. The first-order valence-corrected chi connectivity index (χ1v) is 9.05. The molecule has 1 aromatic heterocycles. The molecule has 6 heteroatoms. The molecule has 3 rings (SSSR count). The molecule has 132 valence electrons. The van der Waals surface area contributed by atoms with Crippen molar-refractivity contribution in [1.29, 1.82) is 0 Å². The molecule has 2 aliphatic rings. The molecule has 1 saturated carbocycles. The lowest BCUT2D eigenvalue weighted by atomic mass is 10.1. The van der Waals surface area contributed by atoms with Gasteiger partial charge in [-0.2, -0.15) is 0 Å². The van der Waals surface area contributed by atoms with Crippen molar-refractivity contribution >= 4 is 11.8 Å². The minimum Gasteiger partial charge on any atom is -0.361 e. The second kappa shape index (κ2) is 7.36. The minimum absolute atomic E-state index is 0.0422. The number of rotatable bonds is 4. The number of aryl methyl sites for hydroxylation is 2. The Balaban J connectivity index is 1.55. The lowest BCUT2D eigenvalue weighted by Gasteiger charge is -2.27. The van der Waals surface area contributed by atoms with Crippen LogP contribution in [0.2, 0.25) is 0 Å². The van der Waals surface area contributed by atoms with E-state index in [0.29, 0.717) is 25.6 Å². The summed E-state index contributed by atoms with van der Waals surface area (Å²) in [5.41, 5.74) is 1.73. The maximum Gasteiger partial charge on any atom is 0.225 e. The van der Waals surface area contributed by atoms with E-state index in [0.717, 1.165) is 29.9 Å². The summed E-state index contributed by atoms with van der Waals surface area (Å²) in [6, 6.07) is 0.334. The molecule has 1 atom stereocenters. The van der Waals surface area contributed by atoms with E-state index in [-0.39, 0.29) is 17.7 Å². The average Bonchev–Trinajstić information content (AvgIpc) is 2.96. The third-order valence-corrected chi connectivity index (χ3v) is 5.42. The summed E-state index contributed by atoms with van der Waals surface area (Å²) >= 11 is 0. The molecule has 6 nitrogen and oxygen atoms in total. The monoisotopic (exact) mass is 333 g/mol. The van der Waals surface area contributed by atoms with E-state index >= 15 is 0 Å². The van der Waals surface area contributed by atoms with Gasteiger partial charge < -0.3 is 14.7 Å². The zero-order valence-corrected chi connectivity index (χ0v) is 14.6. The first-order chi connectivity index (χ1) is 11.6. The molecule has 1 aliphatic carbocycles. The SMILES string of the molecule is Cc1noc(C)c1CNC(=O)[C@@H]1CC(=O)N(C2CCCCCC2)C1. The minimum atomic E-state index is -0.235. The number of hydrogen-bond acceptors (Lipinski definition) is 4. The Morgan fingerprint density at radius 3 is 2.58 bits per heavy atom. The molecule has 1 saturated heterocycles. The normalized spacial score (nSPS) is 22.7. The van der Waals surface area contributed by atoms with Crippen molar-refractivity contribution in [3.05, 3.63) is 17.0 Å². The fourth-order valence-electron chi connectivity index (χ4n) is 3.90. The van der Waals surface area contributed by atoms with Crippen LogP contribution in [0.1, 0.15) is 62.0 Å². The molecule has 0 unspecified atom stereocenters. The van der Waals surface area contributed by atoms with Gasteiger partial charge in [-0.25, -0.2) is 0 Å². The van der Waals surface area contributed by atoms with E-state index < -0.39 is 0 Å². The fraction of sp³-hybridized carbons (Fsp3) is 0.722. The van der Waals surface area contributed by atoms with Gasteiger partial charge in [-0.05, 0) is 26.7 Å². The van der Waals surface area contributed by atoms with Crippen LogP contribution in [-0.4, -0.2) is 34.5 Å². The molecule has 1 aliphatic heterocycles. The highest BCUT2D eigenvalue weighted by atomic mass is 16.5. The summed E-state index contributed by atoms with van der Waals surface area (Å²) in [5.74, 6) is 0.593. The third kappa shape index (κ3) is 3.62. The largest absolute Gasteiger partial charge is 0.361 e. The van der Waals surface area contributed by atoms with Crippen LogP contribution in [0.3, 0.4) is 0 Å². The van der Waals surface area contributed by atoms with Crippen LogP contribution in [0.5, 0.6) is 0 Å². The van der Waals surface area contributed by atoms with Crippen molar-refractivity contribution in [1.82, 2.24) is 15.4 Å². The van der Waals surface area contributed by atoms with E-state index in [4.69, 9.17) is 4.52 Å². The van der Waals surface area contributed by atoms with Crippen LogP contribution in [0.4, 0.5) is 0 Å². The summed E-state index contributed by atoms with van der Waals surface area (Å²) < 4.78 is 5.11. The van der Waals surface area contributed by atoms with Gasteiger partial charge in [0.25, 0.3) is 0 Å². The maximum atomic E-state index is 12.5. The summed E-state index contributed by atoms with van der Waals surface area (Å²) in [6.07, 6.45) is 7.41. The smallest absolute Gasteiger partial charge is 0.225 e. The van der Waals surface area contributed by atoms with Crippen LogP contribution in [0.15, 0.2) is 4.52 Å². The van der Waals surface area contributed by atoms with Gasteiger partial charge in [0.2, 0.25) is 11.8 Å². The zero-order chi connectivity index (χ0) is 17.1. The molecule has 0 bridgehead atoms. The summed E-state index contributed by atoms with van der Waals surface area (Å²) in [4.78, 5) is 26.8. The number of carbonyl (C=O) groups excluding carboxylic acids is 2. The van der Waals surface area contributed by atoms with Crippen LogP contribution in [0, 0.1) is 19.8 Å². The van der Waals surface area contributed by atoms with Gasteiger partial charge in [-0.3, -0.25) is 9.59 Å². The Kier molecular flexibility index (Phi) is 5.21. The number of carbonyl (C=O) groups is 2. The standard InChI is InChI=1S/C18H27N3O3/c1-12-16(13(2)24-20-12)10-19-18(23)14-9-17(22)21(11-14)15-7-5-3-4-6-8-15/h14-15H,3-11H2,1-2H3,(H,19,23)/t14-/m1/s1. The summed E-state index contributed by atoms with van der Waals surface area (Å²) in [7, 11) is 0. The van der Waals surface area contributed by atoms with Gasteiger partial charge in [0.05, 0.1) is 11.6 Å². The Morgan fingerprint density at radius 1 is 1.25 bits per heavy atom. The molecular weight excluding hydrogens is 306 g/mol. The number of nitrogens with one attached hydrogen (secondary N) is 1. The van der Waals surface area contributed by atoms with Crippen molar-refractivity contribution in [2.75, 3.05) is 6.54 Å². The van der Waals surface area contributed by atoms with Crippen LogP contribution in [0.25, 0.3) is 0 Å². The highest BCUT2D eigenvalue weighted by Crippen LogP contribution is 2.28. The summed E-state index contributed by atoms with van der Waals surface area (Å²) in [5, 5.41) is 6.84. The van der Waals surface area contributed by atoms with E-state index in [1.807, 2.05) is 18.7 Å². The van der Waals surface area contributed by atoms with E-state index in [2.05, 4.69) is 10.5 Å². The number of likely N-dealkylation sites (tertiary alicyclic amines) is 1. The Hall–Kier alpha value is -1.85. The summed E-state index contributed by atoms with van der Waals surface area (Å²) in [6.45, 7) is 4.68. The number of amides is 2. The topological polar surface area (TPSA) is 75.4 Å². The highest BCUT2D eigenvalue weighted by Gasteiger charge is 2.37. The van der Waals surface area contributed by atoms with Gasteiger partial charge in [-0.15, -0.1) is 0 Å². The molecule has 2 amide bonds. The number of aromatic nitrogens is 1. The zero-order valence-electron chi connectivity index (χ0n) is 14.6. The van der Waals surface area contributed by atoms with Gasteiger partial charge in [0.15, 0.2) is 0 Å². The van der Waals surface area contributed by atoms with Crippen LogP contribution >= 0.6 is 0 Å². The Morgan fingerprint density at radius 2 is 1.96 bits per heavy atom. The highest BCUT2D eigenvalue weighted by molar-refractivity contribution is 5.89. The second-order valence-electron chi connectivity index (χ2n) is 7.11. The third-order valence-electron chi connectivity index (χ3n) is 5.42. The first-order valence-electron chi connectivity index (χ1n) is 9.05. The van der Waals surface area contributed by atoms with Crippen molar-refractivity contribution in [2.45, 2.75) is 71.4 Å². The molecule has 2 fully saturated rings. The molecule has 1 N–H and O–H groups in total. The lowest BCUT2D eigenvalue weighted by molar-refractivity contribution is -0.130. The first kappa shape index (κ1) is 17.0. The Bertz CT molecular complexity index is 583. The lowest BCUT2D eigenvalue weighted by Crippen LogP contribution is -2.38. The molecule has 24 heavy (non-hydrogen) atoms. The van der Waals surface area contributed by atoms with E-state index in [1.165, 1.54) is 25.7 Å². The molecule has 0 aromatic carbocycles. The second-order valence-corrected chi connectivity index (χ2v) is 7.11. The predicted molar refractivity (Wildman–Crippen MR) is 89.1 cm³/mol. The molecule has 1 aromatic rings. The van der Waals surface area contributed by atoms with Crippen molar-refractivity contribution in [3.63, 3.8) is 0 Å². The number of hydrogen-bond donors (Lipinski definition) is 1. The van der Waals surface area contributed by atoms with E-state index in [1.54, 1.807) is 0 Å². The van der Waals surface area contributed by atoms with Crippen molar-refractivity contribution < 1.29 is 14.1 Å². The van der Waals surface area contributed by atoms with Crippen molar-refractivity contribution in [3.8, 4) is 0 Å². The molecule has 2 heterocycles. The van der Waals surface area contributed by atoms with Gasteiger partial charge >= 0.3 is 0 Å². The van der Waals surface area contributed by atoms with Gasteiger partial charge in [0, 0.05) is 31.1 Å². The maximum absolute atomic E-state index is 12.5. The quantitative estimate of drug-likeness (QED) is 0.859. The van der Waals surface area contributed by atoms with Crippen molar-refractivity contribution in [2.24, 2.45) is 5.92 Å². The van der Waals surface area contributed by atoms with Gasteiger partial charge in [-0.1, -0.05) is 30.8 Å². The molecule has 0 radical (unpaired) electrons. The van der Waals surface area contributed by atoms with Crippen LogP contribution < -0.4 is 5.32 Å². The van der Waals surface area contributed by atoms with E-state index in [9.17, 15) is 9.59 Å². The van der Waals surface area contributed by atoms with Crippen LogP contribution in [-0.2, 0) is 16.1 Å².